The Kier molecular flexibility index (Phi) is 8.48. The predicted molar refractivity (Wildman–Crippen MR) is 146 cm³/mol. The Bertz CT molecular complexity index is 1440. The van der Waals surface area contributed by atoms with Crippen molar-refractivity contribution in [2.45, 2.75) is 51.0 Å². The first-order chi connectivity index (χ1) is 18.4. The smallest absolute Gasteiger partial charge is 0.270 e. The van der Waals surface area contributed by atoms with Gasteiger partial charge in [0.25, 0.3) is 5.56 Å². The number of ether oxygens (including phenoxy) is 1. The lowest BCUT2D eigenvalue weighted by Gasteiger charge is -2.33. The molecule has 3 aromatic rings. The van der Waals surface area contributed by atoms with Gasteiger partial charge in [0.15, 0.2) is 11.6 Å². The topological polar surface area (TPSA) is 107 Å². The van der Waals surface area contributed by atoms with Gasteiger partial charge in [0.1, 0.15) is 28.9 Å². The van der Waals surface area contributed by atoms with Crippen LogP contribution in [0.5, 0.6) is 5.75 Å². The van der Waals surface area contributed by atoms with Crippen LogP contribution in [0, 0.1) is 34.4 Å². The van der Waals surface area contributed by atoms with Crippen molar-refractivity contribution in [1.82, 2.24) is 9.55 Å². The molecule has 0 aliphatic heterocycles. The van der Waals surface area contributed by atoms with Crippen LogP contribution in [0.15, 0.2) is 35.1 Å². The first-order valence-electron chi connectivity index (χ1n) is 13.0. The Labute approximate surface area is 222 Å². The van der Waals surface area contributed by atoms with Gasteiger partial charge in [-0.1, -0.05) is 19.3 Å². The van der Waals surface area contributed by atoms with E-state index < -0.39 is 0 Å². The number of aromatic nitrogens is 2. The summed E-state index contributed by atoms with van der Waals surface area (Å²) >= 11 is 0. The number of aryl methyl sites for hydroxylation is 1. The Morgan fingerprint density at radius 1 is 1.13 bits per heavy atom. The van der Waals surface area contributed by atoms with E-state index >= 15 is 0 Å². The second-order valence-electron chi connectivity index (χ2n) is 9.95. The van der Waals surface area contributed by atoms with Crippen molar-refractivity contribution in [1.29, 1.82) is 10.5 Å². The third kappa shape index (κ3) is 5.89. The molecule has 9 heteroatoms. The Balaban J connectivity index is 0.000000204. The number of methoxy groups -OCH3 is 1. The summed E-state index contributed by atoms with van der Waals surface area (Å²) in [5, 5.41) is 22.0. The maximum Gasteiger partial charge on any atom is 0.270 e. The molecule has 2 aliphatic carbocycles. The quantitative estimate of drug-likeness (QED) is 0.486. The van der Waals surface area contributed by atoms with Crippen molar-refractivity contribution < 1.29 is 9.13 Å². The lowest BCUT2D eigenvalue weighted by Crippen LogP contribution is -2.36. The van der Waals surface area contributed by atoms with Gasteiger partial charge in [-0.2, -0.15) is 10.5 Å². The molecule has 38 heavy (non-hydrogen) atoms. The van der Waals surface area contributed by atoms with Crippen LogP contribution in [-0.2, 0) is 7.05 Å². The number of anilines is 2. The standard InChI is InChI=1S/C18H19N5O.C11H14FNO/c1-22(13-6-4-3-5-7-13)17-14(11-20)18(24)23(2)15-9-8-12(10-19)21-16(15)17;1-14-11-6-9(4-5-10(11)12)13-7-8-2-3-8/h8-9,13H,3-7H2,1-2H3;4-6,8,13H,2-3,7H2,1H3. The van der Waals surface area contributed by atoms with Crippen molar-refractivity contribution in [3.63, 3.8) is 0 Å². The molecule has 0 spiro atoms. The van der Waals surface area contributed by atoms with Gasteiger partial charge < -0.3 is 19.5 Å². The number of rotatable bonds is 6. The van der Waals surface area contributed by atoms with Crippen LogP contribution < -0.4 is 20.5 Å². The van der Waals surface area contributed by atoms with Gasteiger partial charge in [0, 0.05) is 38.4 Å². The van der Waals surface area contributed by atoms with Gasteiger partial charge in [-0.25, -0.2) is 9.37 Å². The highest BCUT2D eigenvalue weighted by molar-refractivity contribution is 5.92. The fraction of sp³-hybridized carbons (Fsp3) is 0.448. The number of nitrogens with zero attached hydrogens (tertiary/aromatic N) is 5. The molecule has 0 saturated heterocycles. The van der Waals surface area contributed by atoms with Crippen molar-refractivity contribution in [2.24, 2.45) is 13.0 Å². The van der Waals surface area contributed by atoms with Crippen LogP contribution in [0.4, 0.5) is 15.8 Å². The van der Waals surface area contributed by atoms with Gasteiger partial charge in [0.05, 0.1) is 18.3 Å². The zero-order chi connectivity index (χ0) is 27.2. The van der Waals surface area contributed by atoms with Crippen LogP contribution >= 0.6 is 0 Å². The summed E-state index contributed by atoms with van der Waals surface area (Å²) in [5.41, 5.74) is 2.71. The normalized spacial score (nSPS) is 15.1. The summed E-state index contributed by atoms with van der Waals surface area (Å²) in [4.78, 5) is 19.0. The van der Waals surface area contributed by atoms with Crippen molar-refractivity contribution in [3.05, 3.63) is 57.8 Å². The number of fused-ring (bicyclic) bond motifs is 1. The second-order valence-corrected chi connectivity index (χ2v) is 9.95. The van der Waals surface area contributed by atoms with E-state index in [4.69, 9.17) is 10.00 Å². The van der Waals surface area contributed by atoms with E-state index in [1.165, 1.54) is 37.0 Å². The lowest BCUT2D eigenvalue weighted by molar-refractivity contribution is 0.387. The van der Waals surface area contributed by atoms with Gasteiger partial charge in [0.2, 0.25) is 0 Å². The first-order valence-corrected chi connectivity index (χ1v) is 13.0. The number of halogens is 1. The van der Waals surface area contributed by atoms with Crippen molar-refractivity contribution in [2.75, 3.05) is 30.9 Å². The minimum Gasteiger partial charge on any atom is -0.494 e. The number of nitrogens with one attached hydrogen (secondary N) is 1. The maximum absolute atomic E-state index is 13.0. The number of benzene rings is 1. The van der Waals surface area contributed by atoms with E-state index in [0.717, 1.165) is 43.8 Å². The molecule has 0 atom stereocenters. The molecule has 0 amide bonds. The molecule has 5 rings (SSSR count). The minimum absolute atomic E-state index is 0.0978. The van der Waals surface area contributed by atoms with Gasteiger partial charge in [-0.15, -0.1) is 0 Å². The van der Waals surface area contributed by atoms with Crippen LogP contribution in [0.25, 0.3) is 11.0 Å². The highest BCUT2D eigenvalue weighted by Crippen LogP contribution is 2.32. The number of hydrogen-bond donors (Lipinski definition) is 1. The summed E-state index contributed by atoms with van der Waals surface area (Å²) in [6.07, 6.45) is 8.22. The fourth-order valence-corrected chi connectivity index (χ4v) is 4.90. The third-order valence-corrected chi connectivity index (χ3v) is 7.36. The molecule has 8 nitrogen and oxygen atoms in total. The summed E-state index contributed by atoms with van der Waals surface area (Å²) in [6, 6.07) is 12.6. The number of pyridine rings is 2. The SMILES string of the molecule is CN(c1c(C#N)c(=O)n(C)c2ccc(C#N)nc12)C1CCCCC1.COc1cc(NCC2CC2)ccc1F. The maximum atomic E-state index is 13.0. The molecule has 1 N–H and O–H groups in total. The summed E-state index contributed by atoms with van der Waals surface area (Å²) < 4.78 is 19.4. The summed E-state index contributed by atoms with van der Waals surface area (Å²) in [6.45, 7) is 0.981. The molecule has 198 valence electrons. The molecule has 2 aromatic heterocycles. The Morgan fingerprint density at radius 2 is 1.87 bits per heavy atom. The lowest BCUT2D eigenvalue weighted by atomic mass is 9.93. The van der Waals surface area contributed by atoms with Crippen molar-refractivity contribution >= 4 is 22.4 Å². The molecule has 2 fully saturated rings. The Hall–Kier alpha value is -4.11. The zero-order valence-electron chi connectivity index (χ0n) is 22.1. The number of nitriles is 2. The fourth-order valence-electron chi connectivity index (χ4n) is 4.90. The highest BCUT2D eigenvalue weighted by Gasteiger charge is 2.26. The van der Waals surface area contributed by atoms with Crippen LogP contribution in [-0.4, -0.2) is 36.3 Å². The molecular weight excluding hydrogens is 483 g/mol. The third-order valence-electron chi connectivity index (χ3n) is 7.36. The highest BCUT2D eigenvalue weighted by atomic mass is 19.1. The van der Waals surface area contributed by atoms with Crippen LogP contribution in [0.2, 0.25) is 0 Å². The van der Waals surface area contributed by atoms with E-state index in [1.54, 1.807) is 31.3 Å². The largest absolute Gasteiger partial charge is 0.494 e. The van der Waals surface area contributed by atoms with Crippen molar-refractivity contribution in [3.8, 4) is 17.9 Å². The first kappa shape index (κ1) is 26.9. The van der Waals surface area contributed by atoms with Gasteiger partial charge in [-0.05, 0) is 55.9 Å². The number of hydrogen-bond acceptors (Lipinski definition) is 7. The van der Waals surface area contributed by atoms with Crippen LogP contribution in [0.1, 0.15) is 56.2 Å². The van der Waals surface area contributed by atoms with E-state index in [9.17, 15) is 14.4 Å². The zero-order valence-corrected chi connectivity index (χ0v) is 22.1. The monoisotopic (exact) mass is 516 g/mol. The second kappa shape index (κ2) is 12.0. The molecule has 1 aromatic carbocycles. The minimum atomic E-state index is -0.325. The molecule has 0 unspecified atom stereocenters. The summed E-state index contributed by atoms with van der Waals surface area (Å²) in [5.74, 6) is 0.793. The van der Waals surface area contributed by atoms with E-state index in [-0.39, 0.29) is 28.7 Å². The summed E-state index contributed by atoms with van der Waals surface area (Å²) in [7, 11) is 5.03. The van der Waals surface area contributed by atoms with E-state index in [0.29, 0.717) is 22.5 Å². The predicted octanol–water partition coefficient (Wildman–Crippen LogP) is 5.10. The van der Waals surface area contributed by atoms with Gasteiger partial charge in [-0.3, -0.25) is 4.79 Å². The molecule has 2 heterocycles. The average Bonchev–Trinajstić information content (AvgIpc) is 3.79. The van der Waals surface area contributed by atoms with Gasteiger partial charge >= 0.3 is 0 Å². The van der Waals surface area contributed by atoms with E-state index in [1.807, 2.05) is 18.0 Å². The van der Waals surface area contributed by atoms with E-state index in [2.05, 4.69) is 16.4 Å². The molecule has 0 radical (unpaired) electrons. The molecule has 2 aliphatic rings. The Morgan fingerprint density at radius 3 is 2.50 bits per heavy atom. The molecule has 0 bridgehead atoms. The van der Waals surface area contributed by atoms with Crippen LogP contribution in [0.3, 0.4) is 0 Å². The molecular formula is C29H33FN6O2. The molecule has 2 saturated carbocycles. The average molecular weight is 517 g/mol.